The van der Waals surface area contributed by atoms with Crippen LogP contribution in [0, 0.1) is 0 Å². The van der Waals surface area contributed by atoms with Gasteiger partial charge in [-0.25, -0.2) is 0 Å². The first-order chi connectivity index (χ1) is 9.77. The van der Waals surface area contributed by atoms with Crippen molar-refractivity contribution in [1.29, 1.82) is 0 Å². The fraction of sp³-hybridized carbons (Fsp3) is 0.467. The van der Waals surface area contributed by atoms with Crippen LogP contribution < -0.4 is 0 Å². The summed E-state index contributed by atoms with van der Waals surface area (Å²) in [4.78, 5) is 27.8. The van der Waals surface area contributed by atoms with Crippen molar-refractivity contribution in [1.82, 2.24) is 9.80 Å². The van der Waals surface area contributed by atoms with Gasteiger partial charge in [-0.2, -0.15) is 0 Å². The van der Waals surface area contributed by atoms with Crippen LogP contribution in [-0.4, -0.2) is 47.9 Å². The second-order valence-electron chi connectivity index (χ2n) is 5.09. The van der Waals surface area contributed by atoms with Crippen LogP contribution in [0.4, 0.5) is 0 Å². The third kappa shape index (κ3) is 2.46. The normalized spacial score (nSPS) is 22.3. The molecule has 1 aromatic rings. The van der Waals surface area contributed by atoms with E-state index in [1.807, 2.05) is 30.3 Å². The van der Waals surface area contributed by atoms with E-state index in [1.165, 1.54) is 4.90 Å². The lowest BCUT2D eigenvalue weighted by atomic mass is 10.1. The average Bonchev–Trinajstić information content (AvgIpc) is 2.82. The summed E-state index contributed by atoms with van der Waals surface area (Å²) >= 11 is 0. The summed E-state index contributed by atoms with van der Waals surface area (Å²) in [6.45, 7) is 2.74. The lowest BCUT2D eigenvalue weighted by Gasteiger charge is -2.38. The first kappa shape index (κ1) is 13.3. The third-order valence-corrected chi connectivity index (χ3v) is 3.82. The van der Waals surface area contributed by atoms with Crippen molar-refractivity contribution in [3.05, 3.63) is 35.9 Å². The van der Waals surface area contributed by atoms with Gasteiger partial charge in [-0.15, -0.1) is 0 Å². The number of carbonyl (C=O) groups excluding carboxylic acids is 2. The minimum Gasteiger partial charge on any atom is -0.379 e. The number of hydrogen-bond acceptors (Lipinski definition) is 4. The first-order valence-corrected chi connectivity index (χ1v) is 6.99. The van der Waals surface area contributed by atoms with E-state index in [0.717, 1.165) is 18.7 Å². The number of imide groups is 1. The molecule has 2 saturated heterocycles. The Morgan fingerprint density at radius 1 is 0.950 bits per heavy atom. The highest BCUT2D eigenvalue weighted by Crippen LogP contribution is 2.30. The van der Waals surface area contributed by atoms with E-state index in [0.29, 0.717) is 26.1 Å². The molecule has 5 nitrogen and oxygen atoms in total. The molecule has 20 heavy (non-hydrogen) atoms. The molecule has 3 rings (SSSR count). The van der Waals surface area contributed by atoms with Crippen LogP contribution in [0.15, 0.2) is 30.3 Å². The maximum atomic E-state index is 12.1. The van der Waals surface area contributed by atoms with E-state index in [2.05, 4.69) is 4.90 Å². The van der Waals surface area contributed by atoms with Crippen molar-refractivity contribution in [2.75, 3.05) is 26.3 Å². The second-order valence-corrected chi connectivity index (χ2v) is 5.09. The van der Waals surface area contributed by atoms with Crippen LogP contribution in [0.25, 0.3) is 0 Å². The predicted molar refractivity (Wildman–Crippen MR) is 72.7 cm³/mol. The highest BCUT2D eigenvalue weighted by Gasteiger charge is 2.39. The maximum absolute atomic E-state index is 12.1. The van der Waals surface area contributed by atoms with Gasteiger partial charge < -0.3 is 4.74 Å². The number of rotatable bonds is 3. The Morgan fingerprint density at radius 3 is 2.15 bits per heavy atom. The lowest BCUT2D eigenvalue weighted by molar-refractivity contribution is -0.148. The molecule has 0 N–H and O–H groups in total. The summed E-state index contributed by atoms with van der Waals surface area (Å²) in [5.41, 5.74) is 0.984. The molecule has 106 valence electrons. The van der Waals surface area contributed by atoms with E-state index in [-0.39, 0.29) is 18.0 Å². The molecule has 0 radical (unpaired) electrons. The van der Waals surface area contributed by atoms with Gasteiger partial charge in [0.1, 0.15) is 6.17 Å². The zero-order valence-corrected chi connectivity index (χ0v) is 11.3. The number of hydrogen-bond donors (Lipinski definition) is 0. The zero-order valence-electron chi connectivity index (χ0n) is 11.3. The molecule has 5 heteroatoms. The van der Waals surface area contributed by atoms with Crippen LogP contribution in [0.5, 0.6) is 0 Å². The second kappa shape index (κ2) is 5.73. The molecule has 2 aliphatic heterocycles. The number of nitrogens with zero attached hydrogens (tertiary/aromatic N) is 2. The van der Waals surface area contributed by atoms with Crippen molar-refractivity contribution < 1.29 is 14.3 Å². The quantitative estimate of drug-likeness (QED) is 0.776. The largest absolute Gasteiger partial charge is 0.379 e. The van der Waals surface area contributed by atoms with Gasteiger partial charge in [0.15, 0.2) is 0 Å². The van der Waals surface area contributed by atoms with Gasteiger partial charge in [0.25, 0.3) is 0 Å². The number of likely N-dealkylation sites (tertiary alicyclic amines) is 1. The minimum absolute atomic E-state index is 0.0738. The fourth-order valence-electron chi connectivity index (χ4n) is 2.84. The molecule has 2 heterocycles. The Kier molecular flexibility index (Phi) is 3.80. The van der Waals surface area contributed by atoms with Gasteiger partial charge in [-0.1, -0.05) is 30.3 Å². The fourth-order valence-corrected chi connectivity index (χ4v) is 2.84. The molecule has 0 aliphatic carbocycles. The topological polar surface area (TPSA) is 49.9 Å². The zero-order chi connectivity index (χ0) is 13.9. The average molecular weight is 274 g/mol. The van der Waals surface area contributed by atoms with Gasteiger partial charge in [0.2, 0.25) is 11.8 Å². The molecule has 1 atom stereocenters. The first-order valence-electron chi connectivity index (χ1n) is 6.99. The van der Waals surface area contributed by atoms with Crippen LogP contribution in [0.1, 0.15) is 24.6 Å². The number of morpholine rings is 1. The van der Waals surface area contributed by atoms with Crippen LogP contribution in [0.2, 0.25) is 0 Å². The maximum Gasteiger partial charge on any atom is 0.231 e. The third-order valence-electron chi connectivity index (χ3n) is 3.82. The Balaban J connectivity index is 1.94. The van der Waals surface area contributed by atoms with Gasteiger partial charge in [-0.3, -0.25) is 19.4 Å². The Labute approximate surface area is 118 Å². The SMILES string of the molecule is O=C1CCC(=O)N1C(c1ccccc1)N1CCOCC1. The van der Waals surface area contributed by atoms with Gasteiger partial charge in [0.05, 0.1) is 13.2 Å². The minimum atomic E-state index is -0.289. The van der Waals surface area contributed by atoms with E-state index in [9.17, 15) is 9.59 Å². The molecule has 2 amide bonds. The van der Waals surface area contributed by atoms with Crippen molar-refractivity contribution >= 4 is 11.8 Å². The van der Waals surface area contributed by atoms with Gasteiger partial charge in [-0.05, 0) is 5.56 Å². The lowest BCUT2D eigenvalue weighted by Crippen LogP contribution is -2.48. The van der Waals surface area contributed by atoms with Crippen molar-refractivity contribution in [3.8, 4) is 0 Å². The van der Waals surface area contributed by atoms with Crippen LogP contribution in [0.3, 0.4) is 0 Å². The molecule has 2 fully saturated rings. The summed E-state index contributed by atoms with van der Waals surface area (Å²) in [5.74, 6) is -0.148. The van der Waals surface area contributed by atoms with E-state index >= 15 is 0 Å². The molecule has 0 saturated carbocycles. The molecule has 1 unspecified atom stereocenters. The summed E-state index contributed by atoms with van der Waals surface area (Å²) < 4.78 is 5.37. The molecule has 0 aromatic heterocycles. The highest BCUT2D eigenvalue weighted by molar-refractivity contribution is 6.02. The summed E-state index contributed by atoms with van der Waals surface area (Å²) in [6.07, 6.45) is 0.363. The Bertz CT molecular complexity index is 481. The molecule has 2 aliphatic rings. The number of amides is 2. The van der Waals surface area contributed by atoms with E-state index in [1.54, 1.807) is 0 Å². The summed E-state index contributed by atoms with van der Waals surface area (Å²) in [5, 5.41) is 0. The molecule has 0 bridgehead atoms. The number of ether oxygens (including phenoxy) is 1. The highest BCUT2D eigenvalue weighted by atomic mass is 16.5. The molecule has 1 aromatic carbocycles. The van der Waals surface area contributed by atoms with E-state index in [4.69, 9.17) is 4.74 Å². The van der Waals surface area contributed by atoms with Crippen molar-refractivity contribution in [2.45, 2.75) is 19.0 Å². The summed E-state index contributed by atoms with van der Waals surface area (Å²) in [7, 11) is 0. The molecular formula is C15H18N2O3. The predicted octanol–water partition coefficient (Wildman–Crippen LogP) is 1.17. The standard InChI is InChI=1S/C15H18N2O3/c18-13-6-7-14(19)17(13)15(12-4-2-1-3-5-12)16-8-10-20-11-9-16/h1-5,15H,6-11H2. The van der Waals surface area contributed by atoms with Crippen LogP contribution >= 0.6 is 0 Å². The number of benzene rings is 1. The smallest absolute Gasteiger partial charge is 0.231 e. The van der Waals surface area contributed by atoms with Gasteiger partial charge in [0, 0.05) is 25.9 Å². The number of carbonyl (C=O) groups is 2. The van der Waals surface area contributed by atoms with E-state index < -0.39 is 0 Å². The molecule has 0 spiro atoms. The molecular weight excluding hydrogens is 256 g/mol. The monoisotopic (exact) mass is 274 g/mol. The Morgan fingerprint density at radius 2 is 1.55 bits per heavy atom. The van der Waals surface area contributed by atoms with Crippen molar-refractivity contribution in [2.24, 2.45) is 0 Å². The van der Waals surface area contributed by atoms with Gasteiger partial charge >= 0.3 is 0 Å². The van der Waals surface area contributed by atoms with Crippen molar-refractivity contribution in [3.63, 3.8) is 0 Å². The summed E-state index contributed by atoms with van der Waals surface area (Å²) in [6, 6.07) is 9.76. The Hall–Kier alpha value is -1.72. The van der Waals surface area contributed by atoms with Crippen LogP contribution in [-0.2, 0) is 14.3 Å².